The number of amides is 1. The van der Waals surface area contributed by atoms with Gasteiger partial charge in [-0.05, 0) is 43.2 Å². The van der Waals surface area contributed by atoms with Crippen LogP contribution in [0.3, 0.4) is 0 Å². The Morgan fingerprint density at radius 1 is 1.11 bits per heavy atom. The van der Waals surface area contributed by atoms with Gasteiger partial charge in [-0.1, -0.05) is 24.6 Å². The number of carbonyl (C=O) groups excluding carboxylic acids is 1. The van der Waals surface area contributed by atoms with Gasteiger partial charge in [0.25, 0.3) is 0 Å². The molecular formula is C20H24N2O4S2. The fourth-order valence-corrected chi connectivity index (χ4v) is 5.48. The number of nitrogens with zero attached hydrogens (tertiary/aromatic N) is 1. The number of carbonyl (C=O) groups is 1. The Labute approximate surface area is 170 Å². The maximum absolute atomic E-state index is 13.0. The van der Waals surface area contributed by atoms with Crippen molar-refractivity contribution >= 4 is 33.4 Å². The van der Waals surface area contributed by atoms with Crippen LogP contribution in [0.15, 0.2) is 58.3 Å². The number of piperidine rings is 1. The first-order chi connectivity index (χ1) is 13.5. The van der Waals surface area contributed by atoms with Crippen LogP contribution in [-0.2, 0) is 14.8 Å². The summed E-state index contributed by atoms with van der Waals surface area (Å²) >= 11 is 1.42. The molecular weight excluding hydrogens is 396 g/mol. The van der Waals surface area contributed by atoms with Crippen molar-refractivity contribution < 1.29 is 17.9 Å². The Morgan fingerprint density at radius 3 is 2.50 bits per heavy atom. The van der Waals surface area contributed by atoms with Crippen LogP contribution < -0.4 is 10.1 Å². The first-order valence-electron chi connectivity index (χ1n) is 9.16. The van der Waals surface area contributed by atoms with E-state index in [-0.39, 0.29) is 22.3 Å². The normalized spacial score (nSPS) is 15.2. The smallest absolute Gasteiger partial charge is 0.246 e. The Kier molecular flexibility index (Phi) is 6.98. The van der Waals surface area contributed by atoms with Gasteiger partial charge in [-0.15, -0.1) is 11.8 Å². The van der Waals surface area contributed by atoms with Gasteiger partial charge in [0.15, 0.2) is 0 Å². The van der Waals surface area contributed by atoms with Crippen LogP contribution in [0.2, 0.25) is 0 Å². The maximum Gasteiger partial charge on any atom is 0.246 e. The van der Waals surface area contributed by atoms with Gasteiger partial charge in [-0.2, -0.15) is 4.31 Å². The summed E-state index contributed by atoms with van der Waals surface area (Å²) in [5.41, 5.74) is 0.440. The van der Waals surface area contributed by atoms with Crippen LogP contribution in [0.5, 0.6) is 5.75 Å². The summed E-state index contributed by atoms with van der Waals surface area (Å²) in [5.74, 6) is 0.326. The number of nitrogens with one attached hydrogen (secondary N) is 1. The highest BCUT2D eigenvalue weighted by Crippen LogP contribution is 2.31. The molecule has 1 saturated heterocycles. The molecule has 1 heterocycles. The van der Waals surface area contributed by atoms with E-state index >= 15 is 0 Å². The lowest BCUT2D eigenvalue weighted by molar-refractivity contribution is -0.113. The number of sulfonamides is 1. The molecule has 0 unspecified atom stereocenters. The second kappa shape index (κ2) is 9.45. The molecule has 8 heteroatoms. The third-order valence-corrected chi connectivity index (χ3v) is 7.43. The average Bonchev–Trinajstić information content (AvgIpc) is 2.73. The van der Waals surface area contributed by atoms with Gasteiger partial charge < -0.3 is 10.1 Å². The summed E-state index contributed by atoms with van der Waals surface area (Å²) in [6, 6.07) is 14.3. The van der Waals surface area contributed by atoms with Crippen LogP contribution in [0, 0.1) is 0 Å². The van der Waals surface area contributed by atoms with E-state index < -0.39 is 10.0 Å². The zero-order valence-electron chi connectivity index (χ0n) is 15.8. The molecule has 1 aliphatic heterocycles. The zero-order valence-corrected chi connectivity index (χ0v) is 17.4. The van der Waals surface area contributed by atoms with Gasteiger partial charge in [-0.25, -0.2) is 8.42 Å². The fourth-order valence-electron chi connectivity index (χ4n) is 3.06. The maximum atomic E-state index is 13.0. The quantitative estimate of drug-likeness (QED) is 0.693. The first-order valence-corrected chi connectivity index (χ1v) is 11.6. The van der Waals surface area contributed by atoms with Gasteiger partial charge in [0.2, 0.25) is 15.9 Å². The van der Waals surface area contributed by atoms with Gasteiger partial charge in [0.05, 0.1) is 12.9 Å². The van der Waals surface area contributed by atoms with Gasteiger partial charge in [0, 0.05) is 23.7 Å². The fraction of sp³-hybridized carbons (Fsp3) is 0.350. The molecule has 0 aromatic heterocycles. The Bertz CT molecular complexity index is 911. The van der Waals surface area contributed by atoms with Crippen LogP contribution in [0.4, 0.5) is 5.69 Å². The summed E-state index contributed by atoms with van der Waals surface area (Å²) in [6.45, 7) is 1.02. The van der Waals surface area contributed by atoms with Crippen molar-refractivity contribution in [1.29, 1.82) is 0 Å². The molecule has 1 aliphatic rings. The minimum Gasteiger partial charge on any atom is -0.495 e. The predicted octanol–water partition coefficient (Wildman–Crippen LogP) is 3.60. The highest BCUT2D eigenvalue weighted by molar-refractivity contribution is 8.00. The monoisotopic (exact) mass is 420 g/mol. The van der Waals surface area contributed by atoms with E-state index in [4.69, 9.17) is 4.74 Å². The number of ether oxygens (including phenoxy) is 1. The minimum atomic E-state index is -3.67. The predicted molar refractivity (Wildman–Crippen MR) is 111 cm³/mol. The Morgan fingerprint density at radius 2 is 1.82 bits per heavy atom. The minimum absolute atomic E-state index is 0.0883. The molecule has 28 heavy (non-hydrogen) atoms. The van der Waals surface area contributed by atoms with E-state index in [9.17, 15) is 13.2 Å². The summed E-state index contributed by atoms with van der Waals surface area (Å²) in [6.07, 6.45) is 2.75. The van der Waals surface area contributed by atoms with Crippen molar-refractivity contribution in [2.75, 3.05) is 31.3 Å². The van der Waals surface area contributed by atoms with Gasteiger partial charge in [0.1, 0.15) is 10.6 Å². The van der Waals surface area contributed by atoms with Crippen LogP contribution >= 0.6 is 11.8 Å². The summed E-state index contributed by atoms with van der Waals surface area (Å²) in [5, 5.41) is 2.78. The van der Waals surface area contributed by atoms with Crippen molar-refractivity contribution in [3.8, 4) is 5.75 Å². The highest BCUT2D eigenvalue weighted by atomic mass is 32.2. The summed E-state index contributed by atoms with van der Waals surface area (Å²) in [7, 11) is -2.22. The molecule has 0 spiro atoms. The van der Waals surface area contributed by atoms with Crippen LogP contribution in [0.25, 0.3) is 0 Å². The van der Waals surface area contributed by atoms with E-state index in [1.807, 2.05) is 30.3 Å². The molecule has 1 fully saturated rings. The molecule has 0 bridgehead atoms. The number of hydrogen-bond acceptors (Lipinski definition) is 5. The van der Waals surface area contributed by atoms with Crippen molar-refractivity contribution in [3.05, 3.63) is 48.5 Å². The van der Waals surface area contributed by atoms with Crippen LogP contribution in [-0.4, -0.2) is 44.6 Å². The molecule has 0 atom stereocenters. The molecule has 150 valence electrons. The SMILES string of the molecule is COc1ccc(NC(=O)CSc2ccccc2)cc1S(=O)(=O)N1CCCCC1. The van der Waals surface area contributed by atoms with Crippen molar-refractivity contribution in [2.45, 2.75) is 29.1 Å². The Balaban J connectivity index is 1.74. The van der Waals surface area contributed by atoms with E-state index in [0.29, 0.717) is 18.8 Å². The van der Waals surface area contributed by atoms with Crippen molar-refractivity contribution in [1.82, 2.24) is 4.31 Å². The third kappa shape index (κ3) is 5.06. The van der Waals surface area contributed by atoms with Gasteiger partial charge >= 0.3 is 0 Å². The summed E-state index contributed by atoms with van der Waals surface area (Å²) in [4.78, 5) is 13.4. The molecule has 2 aromatic carbocycles. The standard InChI is InChI=1S/C20H24N2O4S2/c1-26-18-11-10-16(21-20(23)15-27-17-8-4-2-5-9-17)14-19(18)28(24,25)22-12-6-3-7-13-22/h2,4-5,8-11,14H,3,6-7,12-13,15H2,1H3,(H,21,23). The third-order valence-electron chi connectivity index (χ3n) is 4.49. The molecule has 3 rings (SSSR count). The molecule has 1 amide bonds. The topological polar surface area (TPSA) is 75.7 Å². The average molecular weight is 421 g/mol. The van der Waals surface area contributed by atoms with Crippen molar-refractivity contribution in [2.24, 2.45) is 0 Å². The van der Waals surface area contributed by atoms with E-state index in [1.54, 1.807) is 12.1 Å². The lowest BCUT2D eigenvalue weighted by Crippen LogP contribution is -2.35. The van der Waals surface area contributed by atoms with E-state index in [2.05, 4.69) is 5.32 Å². The second-order valence-electron chi connectivity index (χ2n) is 6.48. The first kappa shape index (κ1) is 20.7. The van der Waals surface area contributed by atoms with E-state index in [0.717, 1.165) is 24.2 Å². The van der Waals surface area contributed by atoms with Gasteiger partial charge in [-0.3, -0.25) is 4.79 Å². The number of hydrogen-bond donors (Lipinski definition) is 1. The molecule has 2 aromatic rings. The molecule has 0 saturated carbocycles. The highest BCUT2D eigenvalue weighted by Gasteiger charge is 2.29. The second-order valence-corrected chi connectivity index (χ2v) is 9.44. The molecule has 6 nitrogen and oxygen atoms in total. The van der Waals surface area contributed by atoms with Crippen molar-refractivity contribution in [3.63, 3.8) is 0 Å². The molecule has 1 N–H and O–H groups in total. The van der Waals surface area contributed by atoms with E-state index in [1.165, 1.54) is 29.2 Å². The lowest BCUT2D eigenvalue weighted by atomic mass is 10.2. The Hall–Kier alpha value is -2.03. The summed E-state index contributed by atoms with van der Waals surface area (Å²) < 4.78 is 32.8. The number of methoxy groups -OCH3 is 1. The number of benzene rings is 2. The van der Waals surface area contributed by atoms with Crippen LogP contribution in [0.1, 0.15) is 19.3 Å². The zero-order chi connectivity index (χ0) is 20.0. The number of rotatable bonds is 7. The molecule has 0 aliphatic carbocycles. The number of thioether (sulfide) groups is 1. The lowest BCUT2D eigenvalue weighted by Gasteiger charge is -2.26. The number of anilines is 1. The largest absolute Gasteiger partial charge is 0.495 e. The molecule has 0 radical (unpaired) electrons.